The molecule has 0 fully saturated rings. The van der Waals surface area contributed by atoms with Crippen molar-refractivity contribution in [2.45, 2.75) is 19.8 Å². The van der Waals surface area contributed by atoms with E-state index in [2.05, 4.69) is 15.9 Å². The number of halogens is 1. The van der Waals surface area contributed by atoms with Crippen molar-refractivity contribution in [2.75, 3.05) is 6.61 Å². The quantitative estimate of drug-likeness (QED) is 0.844. The molecule has 1 unspecified atom stereocenters. The first-order valence-electron chi connectivity index (χ1n) is 6.65. The Morgan fingerprint density at radius 2 is 1.90 bits per heavy atom. The van der Waals surface area contributed by atoms with Crippen LogP contribution in [0.5, 0.6) is 5.75 Å². The van der Waals surface area contributed by atoms with Gasteiger partial charge in [0.05, 0.1) is 0 Å². The standard InChI is InChI=1S/C17H17BrO3/c1-11-3-8-15(17(20)9-11)16(10-21-12(2)19)13-4-6-14(18)7-5-13/h3-9,16,20H,10H2,1-2H3. The predicted molar refractivity (Wildman–Crippen MR) is 85.5 cm³/mol. The number of rotatable bonds is 4. The Balaban J connectivity index is 2.39. The lowest BCUT2D eigenvalue weighted by atomic mass is 9.91. The van der Waals surface area contributed by atoms with Crippen LogP contribution in [0.1, 0.15) is 29.5 Å². The first-order chi connectivity index (χ1) is 9.97. The van der Waals surface area contributed by atoms with E-state index >= 15 is 0 Å². The van der Waals surface area contributed by atoms with Gasteiger partial charge in [-0.15, -0.1) is 0 Å². The van der Waals surface area contributed by atoms with E-state index < -0.39 is 0 Å². The number of benzene rings is 2. The fourth-order valence-electron chi connectivity index (χ4n) is 2.21. The van der Waals surface area contributed by atoms with Gasteiger partial charge in [0.15, 0.2) is 0 Å². The maximum Gasteiger partial charge on any atom is 0.302 e. The molecule has 4 heteroatoms. The highest BCUT2D eigenvalue weighted by molar-refractivity contribution is 9.10. The highest BCUT2D eigenvalue weighted by atomic mass is 79.9. The van der Waals surface area contributed by atoms with Crippen LogP contribution in [-0.4, -0.2) is 17.7 Å². The molecule has 1 atom stereocenters. The summed E-state index contributed by atoms with van der Waals surface area (Å²) in [4.78, 5) is 11.1. The minimum absolute atomic E-state index is 0.192. The number of phenolic OH excluding ortho intramolecular Hbond substituents is 1. The summed E-state index contributed by atoms with van der Waals surface area (Å²) in [5.41, 5.74) is 2.72. The van der Waals surface area contributed by atoms with E-state index in [9.17, 15) is 9.90 Å². The number of aryl methyl sites for hydroxylation is 1. The van der Waals surface area contributed by atoms with E-state index in [1.54, 1.807) is 6.07 Å². The van der Waals surface area contributed by atoms with Crippen molar-refractivity contribution in [3.05, 3.63) is 63.6 Å². The van der Waals surface area contributed by atoms with Gasteiger partial charge in [0.1, 0.15) is 12.4 Å². The zero-order chi connectivity index (χ0) is 15.4. The zero-order valence-corrected chi connectivity index (χ0v) is 13.6. The van der Waals surface area contributed by atoms with E-state index in [0.29, 0.717) is 0 Å². The molecule has 1 N–H and O–H groups in total. The van der Waals surface area contributed by atoms with Crippen LogP contribution in [0.3, 0.4) is 0 Å². The molecule has 3 nitrogen and oxygen atoms in total. The lowest BCUT2D eigenvalue weighted by Crippen LogP contribution is -2.12. The molecule has 0 radical (unpaired) electrons. The molecule has 0 aliphatic rings. The maximum absolute atomic E-state index is 11.1. The molecular weight excluding hydrogens is 332 g/mol. The second-order valence-electron chi connectivity index (χ2n) is 4.97. The first kappa shape index (κ1) is 15.6. The number of phenols is 1. The number of esters is 1. The van der Waals surface area contributed by atoms with Gasteiger partial charge in [0.25, 0.3) is 0 Å². The normalized spacial score (nSPS) is 12.0. The Labute approximate surface area is 132 Å². The Bertz CT molecular complexity index is 635. The van der Waals surface area contributed by atoms with E-state index in [1.165, 1.54) is 6.92 Å². The van der Waals surface area contributed by atoms with E-state index in [4.69, 9.17) is 4.74 Å². The Morgan fingerprint density at radius 1 is 1.24 bits per heavy atom. The van der Waals surface area contributed by atoms with Crippen LogP contribution in [0.15, 0.2) is 46.9 Å². The lowest BCUT2D eigenvalue weighted by molar-refractivity contribution is -0.141. The fourth-order valence-corrected chi connectivity index (χ4v) is 2.47. The van der Waals surface area contributed by atoms with Crippen LogP contribution in [0.25, 0.3) is 0 Å². The molecule has 0 amide bonds. The number of aromatic hydroxyl groups is 1. The third kappa shape index (κ3) is 4.08. The highest BCUT2D eigenvalue weighted by Crippen LogP contribution is 2.32. The molecular formula is C17H17BrO3. The molecule has 2 aromatic rings. The van der Waals surface area contributed by atoms with Gasteiger partial charge < -0.3 is 9.84 Å². The average molecular weight is 349 g/mol. The van der Waals surface area contributed by atoms with E-state index in [-0.39, 0.29) is 24.2 Å². The molecule has 0 aromatic heterocycles. The van der Waals surface area contributed by atoms with Crippen LogP contribution in [-0.2, 0) is 9.53 Å². The van der Waals surface area contributed by atoms with E-state index in [0.717, 1.165) is 21.2 Å². The minimum atomic E-state index is -0.330. The van der Waals surface area contributed by atoms with Crippen molar-refractivity contribution in [1.29, 1.82) is 0 Å². The summed E-state index contributed by atoms with van der Waals surface area (Å²) >= 11 is 3.40. The highest BCUT2D eigenvalue weighted by Gasteiger charge is 2.19. The topological polar surface area (TPSA) is 46.5 Å². The van der Waals surface area contributed by atoms with Gasteiger partial charge in [0.2, 0.25) is 0 Å². The number of hydrogen-bond acceptors (Lipinski definition) is 3. The second-order valence-corrected chi connectivity index (χ2v) is 5.88. The number of carbonyl (C=O) groups excluding carboxylic acids is 1. The lowest BCUT2D eigenvalue weighted by Gasteiger charge is -2.19. The predicted octanol–water partition coefficient (Wildman–Crippen LogP) is 4.16. The SMILES string of the molecule is CC(=O)OCC(c1ccc(Br)cc1)c1ccc(C)cc1O. The number of ether oxygens (including phenoxy) is 1. The molecule has 0 bridgehead atoms. The average Bonchev–Trinajstić information content (AvgIpc) is 2.42. The Hall–Kier alpha value is -1.81. The summed E-state index contributed by atoms with van der Waals surface area (Å²) in [7, 11) is 0. The molecule has 110 valence electrons. The monoisotopic (exact) mass is 348 g/mol. The van der Waals surface area contributed by atoms with Gasteiger partial charge in [0, 0.05) is 22.9 Å². The summed E-state index contributed by atoms with van der Waals surface area (Å²) in [6.45, 7) is 3.51. The summed E-state index contributed by atoms with van der Waals surface area (Å²) in [5.74, 6) is -0.304. The summed E-state index contributed by atoms with van der Waals surface area (Å²) in [6.07, 6.45) is 0. The summed E-state index contributed by atoms with van der Waals surface area (Å²) < 4.78 is 6.14. The van der Waals surface area contributed by atoms with Crippen LogP contribution < -0.4 is 0 Å². The van der Waals surface area contributed by atoms with Gasteiger partial charge in [-0.25, -0.2) is 0 Å². The molecule has 0 heterocycles. The number of hydrogen-bond donors (Lipinski definition) is 1. The van der Waals surface area contributed by atoms with Crippen molar-refractivity contribution < 1.29 is 14.6 Å². The van der Waals surface area contributed by atoms with Gasteiger partial charge in [-0.2, -0.15) is 0 Å². The van der Waals surface area contributed by atoms with Crippen molar-refractivity contribution in [3.63, 3.8) is 0 Å². The summed E-state index contributed by atoms with van der Waals surface area (Å²) in [5, 5.41) is 10.2. The first-order valence-corrected chi connectivity index (χ1v) is 7.45. The van der Waals surface area contributed by atoms with Crippen molar-refractivity contribution in [1.82, 2.24) is 0 Å². The Kier molecular flexibility index (Phi) is 5.02. The zero-order valence-electron chi connectivity index (χ0n) is 12.0. The minimum Gasteiger partial charge on any atom is -0.508 e. The third-order valence-electron chi connectivity index (χ3n) is 3.29. The molecule has 21 heavy (non-hydrogen) atoms. The molecule has 0 spiro atoms. The van der Waals surface area contributed by atoms with Gasteiger partial charge in [-0.3, -0.25) is 4.79 Å². The number of carbonyl (C=O) groups is 1. The molecule has 2 rings (SSSR count). The van der Waals surface area contributed by atoms with Gasteiger partial charge in [-0.1, -0.05) is 40.2 Å². The van der Waals surface area contributed by atoms with Crippen LogP contribution in [0.4, 0.5) is 0 Å². The smallest absolute Gasteiger partial charge is 0.302 e. The Morgan fingerprint density at radius 3 is 2.48 bits per heavy atom. The fraction of sp³-hybridized carbons (Fsp3) is 0.235. The second kappa shape index (κ2) is 6.76. The molecule has 0 aliphatic heterocycles. The van der Waals surface area contributed by atoms with Crippen LogP contribution in [0.2, 0.25) is 0 Å². The largest absolute Gasteiger partial charge is 0.508 e. The van der Waals surface area contributed by atoms with Crippen molar-refractivity contribution in [3.8, 4) is 5.75 Å². The summed E-state index contributed by atoms with van der Waals surface area (Å²) in [6, 6.07) is 13.3. The van der Waals surface area contributed by atoms with E-state index in [1.807, 2.05) is 43.3 Å². The molecule has 0 saturated carbocycles. The van der Waals surface area contributed by atoms with Crippen LogP contribution >= 0.6 is 15.9 Å². The van der Waals surface area contributed by atoms with Gasteiger partial charge >= 0.3 is 5.97 Å². The van der Waals surface area contributed by atoms with Gasteiger partial charge in [-0.05, 0) is 36.2 Å². The van der Waals surface area contributed by atoms with Crippen LogP contribution in [0, 0.1) is 6.92 Å². The molecule has 0 aliphatic carbocycles. The molecule has 0 saturated heterocycles. The molecule has 2 aromatic carbocycles. The van der Waals surface area contributed by atoms with Crippen molar-refractivity contribution >= 4 is 21.9 Å². The maximum atomic E-state index is 11.1. The van der Waals surface area contributed by atoms with Crippen molar-refractivity contribution in [2.24, 2.45) is 0 Å². The third-order valence-corrected chi connectivity index (χ3v) is 3.82.